The number of nitrogens with zero attached hydrogens (tertiary/aromatic N) is 2. The largest absolute Gasteiger partial charge is 0.481 e. The first-order chi connectivity index (χ1) is 12.8. The number of halogens is 1. The minimum Gasteiger partial charge on any atom is -0.481 e. The normalized spacial score (nSPS) is 13.3. The molecule has 0 radical (unpaired) electrons. The first kappa shape index (κ1) is 20.6. The molecule has 0 saturated heterocycles. The van der Waals surface area contributed by atoms with E-state index in [4.69, 9.17) is 5.11 Å². The van der Waals surface area contributed by atoms with Crippen LogP contribution in [0.1, 0.15) is 31.0 Å². The van der Waals surface area contributed by atoms with Gasteiger partial charge in [-0.3, -0.25) is 9.59 Å². The lowest BCUT2D eigenvalue weighted by Gasteiger charge is -2.18. The predicted octanol–water partition coefficient (Wildman–Crippen LogP) is 2.16. The summed E-state index contributed by atoms with van der Waals surface area (Å²) in [6.45, 7) is 2.68. The zero-order valence-electron chi connectivity index (χ0n) is 15.1. The van der Waals surface area contributed by atoms with Gasteiger partial charge in [0.15, 0.2) is 0 Å². The zero-order chi connectivity index (χ0) is 19.8. The Morgan fingerprint density at radius 3 is 2.78 bits per heavy atom. The molecule has 0 spiro atoms. The van der Waals surface area contributed by atoms with Crippen molar-refractivity contribution in [3.05, 3.63) is 53.9 Å². The first-order valence-corrected chi connectivity index (χ1v) is 8.76. The van der Waals surface area contributed by atoms with Crippen LogP contribution in [-0.4, -0.2) is 44.3 Å². The smallest absolute Gasteiger partial charge is 0.321 e. The predicted molar refractivity (Wildman–Crippen MR) is 96.9 cm³/mol. The summed E-state index contributed by atoms with van der Waals surface area (Å²) < 4.78 is 15.1. The average Bonchev–Trinajstić information content (AvgIpc) is 3.03. The van der Waals surface area contributed by atoms with Crippen molar-refractivity contribution in [3.8, 4) is 0 Å². The number of carboxylic acids is 2. The lowest BCUT2D eigenvalue weighted by atomic mass is 10.0. The van der Waals surface area contributed by atoms with Crippen molar-refractivity contribution in [2.75, 3.05) is 6.54 Å². The Kier molecular flexibility index (Phi) is 7.48. The highest BCUT2D eigenvalue weighted by molar-refractivity contribution is 5.73. The van der Waals surface area contributed by atoms with Crippen LogP contribution in [0.3, 0.4) is 0 Å². The molecule has 0 saturated carbocycles. The fourth-order valence-corrected chi connectivity index (χ4v) is 2.76. The second-order valence-corrected chi connectivity index (χ2v) is 6.68. The van der Waals surface area contributed by atoms with Crippen LogP contribution in [0.4, 0.5) is 4.39 Å². The first-order valence-electron chi connectivity index (χ1n) is 8.76. The van der Waals surface area contributed by atoms with E-state index in [1.807, 2.05) is 6.92 Å². The average molecular weight is 377 g/mol. The molecule has 2 aromatic rings. The van der Waals surface area contributed by atoms with Crippen LogP contribution in [0.25, 0.3) is 0 Å². The Labute approximate surface area is 156 Å². The summed E-state index contributed by atoms with van der Waals surface area (Å²) in [6, 6.07) is 5.40. The number of hydrogen-bond donors (Lipinski definition) is 3. The number of benzene rings is 1. The quantitative estimate of drug-likeness (QED) is 0.554. The van der Waals surface area contributed by atoms with Gasteiger partial charge < -0.3 is 20.1 Å². The molecule has 3 N–H and O–H groups in total. The SMILES string of the molecule is CC(CCC(=O)O)CNC(Cc1cncn1Cc1cccc(F)c1)C(=O)O. The third kappa shape index (κ3) is 6.82. The van der Waals surface area contributed by atoms with E-state index < -0.39 is 18.0 Å². The zero-order valence-corrected chi connectivity index (χ0v) is 15.1. The van der Waals surface area contributed by atoms with Crippen LogP contribution in [0.5, 0.6) is 0 Å². The third-order valence-corrected chi connectivity index (χ3v) is 4.32. The number of nitrogens with one attached hydrogen (secondary N) is 1. The molecule has 0 fully saturated rings. The lowest BCUT2D eigenvalue weighted by Crippen LogP contribution is -2.41. The molecule has 2 rings (SSSR count). The molecular formula is C19H24FN3O4. The van der Waals surface area contributed by atoms with Crippen molar-refractivity contribution in [1.29, 1.82) is 0 Å². The van der Waals surface area contributed by atoms with Crippen LogP contribution >= 0.6 is 0 Å². The second kappa shape index (κ2) is 9.82. The van der Waals surface area contributed by atoms with E-state index in [9.17, 15) is 19.1 Å². The summed E-state index contributed by atoms with van der Waals surface area (Å²) in [6.07, 6.45) is 3.95. The van der Waals surface area contributed by atoms with E-state index in [1.165, 1.54) is 12.1 Å². The Morgan fingerprint density at radius 1 is 1.33 bits per heavy atom. The number of hydrogen-bond acceptors (Lipinski definition) is 4. The van der Waals surface area contributed by atoms with Crippen LogP contribution in [0.2, 0.25) is 0 Å². The maximum Gasteiger partial charge on any atom is 0.321 e. The molecule has 7 nitrogen and oxygen atoms in total. The van der Waals surface area contributed by atoms with Crippen molar-refractivity contribution in [3.63, 3.8) is 0 Å². The molecule has 0 amide bonds. The molecule has 0 aliphatic rings. The Morgan fingerprint density at radius 2 is 2.11 bits per heavy atom. The highest BCUT2D eigenvalue weighted by Crippen LogP contribution is 2.11. The lowest BCUT2D eigenvalue weighted by molar-refractivity contribution is -0.140. The maximum atomic E-state index is 13.4. The number of aromatic nitrogens is 2. The van der Waals surface area contributed by atoms with Gasteiger partial charge in [-0.25, -0.2) is 9.37 Å². The topological polar surface area (TPSA) is 104 Å². The molecule has 0 aliphatic carbocycles. The molecule has 27 heavy (non-hydrogen) atoms. The Balaban J connectivity index is 1.97. The molecule has 2 unspecified atom stereocenters. The third-order valence-electron chi connectivity index (χ3n) is 4.32. The van der Waals surface area contributed by atoms with Crippen molar-refractivity contribution >= 4 is 11.9 Å². The summed E-state index contributed by atoms with van der Waals surface area (Å²) in [5, 5.41) is 21.2. The standard InChI is InChI=1S/C19H24FN3O4/c1-13(5-6-18(24)25)9-22-17(19(26)27)8-16-10-21-12-23(16)11-14-3-2-4-15(20)7-14/h2-4,7,10,12-13,17,22H,5-6,8-9,11H2,1H3,(H,24,25)(H,26,27). The van der Waals surface area contributed by atoms with Gasteiger partial charge in [-0.05, 0) is 36.6 Å². The van der Waals surface area contributed by atoms with Crippen LogP contribution in [0.15, 0.2) is 36.8 Å². The molecule has 1 heterocycles. The second-order valence-electron chi connectivity index (χ2n) is 6.68. The van der Waals surface area contributed by atoms with Crippen LogP contribution in [-0.2, 0) is 22.6 Å². The van der Waals surface area contributed by atoms with Gasteiger partial charge in [0.05, 0.1) is 6.33 Å². The number of aliphatic carboxylic acids is 2. The van der Waals surface area contributed by atoms with E-state index in [2.05, 4.69) is 10.3 Å². The highest BCUT2D eigenvalue weighted by Gasteiger charge is 2.20. The van der Waals surface area contributed by atoms with E-state index in [0.29, 0.717) is 19.5 Å². The molecule has 0 bridgehead atoms. The number of carbonyl (C=O) groups is 2. The van der Waals surface area contributed by atoms with Gasteiger partial charge in [-0.1, -0.05) is 19.1 Å². The van der Waals surface area contributed by atoms with Crippen LogP contribution < -0.4 is 5.32 Å². The fourth-order valence-electron chi connectivity index (χ4n) is 2.76. The summed E-state index contributed by atoms with van der Waals surface area (Å²) in [5.74, 6) is -2.13. The van der Waals surface area contributed by atoms with E-state index >= 15 is 0 Å². The molecule has 2 atom stereocenters. The number of imidazole rings is 1. The summed E-state index contributed by atoms with van der Waals surface area (Å²) in [4.78, 5) is 26.3. The van der Waals surface area contributed by atoms with Crippen molar-refractivity contribution < 1.29 is 24.2 Å². The van der Waals surface area contributed by atoms with Gasteiger partial charge in [0.25, 0.3) is 0 Å². The van der Waals surface area contributed by atoms with Gasteiger partial charge >= 0.3 is 11.9 Å². The summed E-state index contributed by atoms with van der Waals surface area (Å²) in [7, 11) is 0. The van der Waals surface area contributed by atoms with Crippen molar-refractivity contribution in [1.82, 2.24) is 14.9 Å². The molecule has 8 heteroatoms. The number of rotatable bonds is 11. The van der Waals surface area contributed by atoms with Gasteiger partial charge in [0.2, 0.25) is 0 Å². The maximum absolute atomic E-state index is 13.4. The molecule has 146 valence electrons. The van der Waals surface area contributed by atoms with Gasteiger partial charge in [0, 0.05) is 31.3 Å². The fraction of sp³-hybridized carbons (Fsp3) is 0.421. The van der Waals surface area contributed by atoms with E-state index in [0.717, 1.165) is 11.3 Å². The summed E-state index contributed by atoms with van der Waals surface area (Å²) in [5.41, 5.74) is 1.48. The van der Waals surface area contributed by atoms with Gasteiger partial charge in [-0.2, -0.15) is 0 Å². The Bertz CT molecular complexity index is 778. The number of carboxylic acid groups (broad SMARTS) is 2. The molecule has 1 aromatic carbocycles. The molecule has 1 aromatic heterocycles. The highest BCUT2D eigenvalue weighted by atomic mass is 19.1. The minimum atomic E-state index is -0.987. The van der Waals surface area contributed by atoms with Crippen molar-refractivity contribution in [2.24, 2.45) is 5.92 Å². The molecular weight excluding hydrogens is 353 g/mol. The minimum absolute atomic E-state index is 0.0418. The van der Waals surface area contributed by atoms with Crippen LogP contribution in [0, 0.1) is 11.7 Å². The summed E-state index contributed by atoms with van der Waals surface area (Å²) >= 11 is 0. The van der Waals surface area contributed by atoms with Gasteiger partial charge in [-0.15, -0.1) is 0 Å². The van der Waals surface area contributed by atoms with E-state index in [1.54, 1.807) is 29.2 Å². The monoisotopic (exact) mass is 377 g/mol. The van der Waals surface area contributed by atoms with Crippen molar-refractivity contribution in [2.45, 2.75) is 38.8 Å². The molecule has 0 aliphatic heterocycles. The van der Waals surface area contributed by atoms with E-state index in [-0.39, 0.29) is 24.6 Å². The van der Waals surface area contributed by atoms with Gasteiger partial charge in [0.1, 0.15) is 11.9 Å². The Hall–Kier alpha value is -2.74.